The van der Waals surface area contributed by atoms with Gasteiger partial charge < -0.3 is 10.5 Å². The van der Waals surface area contributed by atoms with Gasteiger partial charge in [0.1, 0.15) is 0 Å². The third kappa shape index (κ3) is 3.94. The van der Waals surface area contributed by atoms with Crippen LogP contribution < -0.4 is 5.73 Å². The van der Waals surface area contributed by atoms with Crippen LogP contribution in [0.25, 0.3) is 0 Å². The van der Waals surface area contributed by atoms with Crippen LogP contribution in [-0.4, -0.2) is 42.3 Å². The van der Waals surface area contributed by atoms with Crippen LogP contribution in [0.1, 0.15) is 52.4 Å². The van der Waals surface area contributed by atoms with E-state index in [0.29, 0.717) is 12.1 Å². The van der Waals surface area contributed by atoms with Gasteiger partial charge in [0, 0.05) is 18.1 Å². The standard InChI is InChI=1S/C14H28N2O/c1-14(2,15)8-5-9-16-10-11-17-13-7-4-3-6-12(13)16/h12-13H,3-11,15H2,1-2H3. The molecular weight excluding hydrogens is 212 g/mol. The van der Waals surface area contributed by atoms with Crippen molar-refractivity contribution in [3.8, 4) is 0 Å². The lowest BCUT2D eigenvalue weighted by Crippen LogP contribution is -2.53. The molecule has 100 valence electrons. The van der Waals surface area contributed by atoms with Gasteiger partial charge in [0.05, 0.1) is 12.7 Å². The topological polar surface area (TPSA) is 38.5 Å². The van der Waals surface area contributed by atoms with Crippen LogP contribution in [0.5, 0.6) is 0 Å². The molecule has 0 radical (unpaired) electrons. The van der Waals surface area contributed by atoms with Crippen molar-refractivity contribution in [3.05, 3.63) is 0 Å². The molecule has 0 aromatic carbocycles. The summed E-state index contributed by atoms with van der Waals surface area (Å²) in [4.78, 5) is 2.65. The maximum atomic E-state index is 6.04. The Hall–Kier alpha value is -0.120. The van der Waals surface area contributed by atoms with Crippen molar-refractivity contribution in [3.63, 3.8) is 0 Å². The lowest BCUT2D eigenvalue weighted by atomic mass is 9.89. The van der Waals surface area contributed by atoms with E-state index in [-0.39, 0.29) is 5.54 Å². The minimum Gasteiger partial charge on any atom is -0.375 e. The first-order chi connectivity index (χ1) is 8.06. The predicted molar refractivity (Wildman–Crippen MR) is 71.1 cm³/mol. The molecule has 0 spiro atoms. The van der Waals surface area contributed by atoms with E-state index in [2.05, 4.69) is 18.7 Å². The second-order valence-electron chi connectivity index (χ2n) is 6.39. The normalized spacial score (nSPS) is 31.2. The maximum absolute atomic E-state index is 6.04. The molecule has 1 saturated heterocycles. The number of morpholine rings is 1. The zero-order valence-electron chi connectivity index (χ0n) is 11.5. The van der Waals surface area contributed by atoms with Crippen molar-refractivity contribution in [1.82, 2.24) is 4.90 Å². The van der Waals surface area contributed by atoms with Crippen LogP contribution in [0, 0.1) is 0 Å². The molecule has 1 aliphatic carbocycles. The highest BCUT2D eigenvalue weighted by Gasteiger charge is 2.33. The van der Waals surface area contributed by atoms with E-state index in [4.69, 9.17) is 10.5 Å². The van der Waals surface area contributed by atoms with Crippen LogP contribution in [-0.2, 0) is 4.74 Å². The minimum atomic E-state index is -0.0156. The molecule has 2 rings (SSSR count). The molecule has 2 unspecified atom stereocenters. The first-order valence-corrected chi connectivity index (χ1v) is 7.21. The van der Waals surface area contributed by atoms with Gasteiger partial charge in [0.25, 0.3) is 0 Å². The van der Waals surface area contributed by atoms with Crippen molar-refractivity contribution < 1.29 is 4.74 Å². The molecule has 3 nitrogen and oxygen atoms in total. The summed E-state index contributed by atoms with van der Waals surface area (Å²) in [6, 6.07) is 0.693. The molecule has 2 atom stereocenters. The Balaban J connectivity index is 1.78. The second-order valence-corrected chi connectivity index (χ2v) is 6.39. The summed E-state index contributed by atoms with van der Waals surface area (Å²) in [6.45, 7) is 7.48. The molecular formula is C14H28N2O. The molecule has 2 fully saturated rings. The fraction of sp³-hybridized carbons (Fsp3) is 1.00. The summed E-state index contributed by atoms with van der Waals surface area (Å²) in [5.41, 5.74) is 6.02. The van der Waals surface area contributed by atoms with Crippen molar-refractivity contribution in [2.45, 2.75) is 70.1 Å². The largest absolute Gasteiger partial charge is 0.375 e. The monoisotopic (exact) mass is 240 g/mol. The summed E-state index contributed by atoms with van der Waals surface area (Å²) in [6.07, 6.45) is 8.17. The number of ether oxygens (including phenoxy) is 1. The van der Waals surface area contributed by atoms with E-state index in [0.717, 1.165) is 19.6 Å². The van der Waals surface area contributed by atoms with Gasteiger partial charge in [0.15, 0.2) is 0 Å². The molecule has 3 heteroatoms. The van der Waals surface area contributed by atoms with E-state index in [1.54, 1.807) is 0 Å². The van der Waals surface area contributed by atoms with E-state index in [1.165, 1.54) is 38.6 Å². The van der Waals surface area contributed by atoms with Crippen molar-refractivity contribution in [1.29, 1.82) is 0 Å². The molecule has 1 heterocycles. The summed E-state index contributed by atoms with van der Waals surface area (Å²) in [5, 5.41) is 0. The minimum absolute atomic E-state index is 0.0156. The zero-order valence-corrected chi connectivity index (χ0v) is 11.5. The number of nitrogens with zero attached hydrogens (tertiary/aromatic N) is 1. The fourth-order valence-electron chi connectivity index (χ4n) is 3.19. The van der Waals surface area contributed by atoms with Gasteiger partial charge in [-0.05, 0) is 46.1 Å². The molecule has 0 aromatic heterocycles. The van der Waals surface area contributed by atoms with Gasteiger partial charge in [-0.1, -0.05) is 12.8 Å². The van der Waals surface area contributed by atoms with Gasteiger partial charge >= 0.3 is 0 Å². The molecule has 0 amide bonds. The van der Waals surface area contributed by atoms with Gasteiger partial charge in [0.2, 0.25) is 0 Å². The summed E-state index contributed by atoms with van der Waals surface area (Å²) >= 11 is 0. The van der Waals surface area contributed by atoms with Crippen LogP contribution >= 0.6 is 0 Å². The Morgan fingerprint density at radius 3 is 2.82 bits per heavy atom. The quantitative estimate of drug-likeness (QED) is 0.818. The smallest absolute Gasteiger partial charge is 0.0730 e. The highest BCUT2D eigenvalue weighted by Crippen LogP contribution is 2.28. The molecule has 0 aromatic rings. The Morgan fingerprint density at radius 1 is 1.29 bits per heavy atom. The van der Waals surface area contributed by atoms with Gasteiger partial charge in [-0.15, -0.1) is 0 Å². The van der Waals surface area contributed by atoms with E-state index in [1.807, 2.05) is 0 Å². The lowest BCUT2D eigenvalue weighted by molar-refractivity contribution is -0.0884. The number of rotatable bonds is 4. The highest BCUT2D eigenvalue weighted by atomic mass is 16.5. The Kier molecular flexibility index (Phi) is 4.45. The van der Waals surface area contributed by atoms with Crippen molar-refractivity contribution in [2.75, 3.05) is 19.7 Å². The van der Waals surface area contributed by atoms with E-state index in [9.17, 15) is 0 Å². The maximum Gasteiger partial charge on any atom is 0.0730 e. The van der Waals surface area contributed by atoms with Gasteiger partial charge in [-0.2, -0.15) is 0 Å². The zero-order chi connectivity index (χ0) is 12.3. The molecule has 1 saturated carbocycles. The third-order valence-corrected chi connectivity index (χ3v) is 4.11. The first kappa shape index (κ1) is 13.3. The van der Waals surface area contributed by atoms with Gasteiger partial charge in [-0.25, -0.2) is 0 Å². The number of hydrogen-bond acceptors (Lipinski definition) is 3. The second kappa shape index (κ2) is 5.68. The summed E-state index contributed by atoms with van der Waals surface area (Å²) in [7, 11) is 0. The number of nitrogens with two attached hydrogens (primary N) is 1. The Bertz CT molecular complexity index is 235. The molecule has 0 bridgehead atoms. The summed E-state index contributed by atoms with van der Waals surface area (Å²) in [5.74, 6) is 0. The van der Waals surface area contributed by atoms with E-state index >= 15 is 0 Å². The fourth-order valence-corrected chi connectivity index (χ4v) is 3.19. The number of fused-ring (bicyclic) bond motifs is 1. The Labute approximate surface area is 106 Å². The van der Waals surface area contributed by atoms with Crippen molar-refractivity contribution in [2.24, 2.45) is 5.73 Å². The van der Waals surface area contributed by atoms with Crippen LogP contribution in [0.4, 0.5) is 0 Å². The van der Waals surface area contributed by atoms with Crippen molar-refractivity contribution >= 4 is 0 Å². The molecule has 2 aliphatic rings. The van der Waals surface area contributed by atoms with E-state index < -0.39 is 0 Å². The highest BCUT2D eigenvalue weighted by molar-refractivity contribution is 4.87. The molecule has 1 aliphatic heterocycles. The first-order valence-electron chi connectivity index (χ1n) is 7.21. The Morgan fingerprint density at radius 2 is 2.06 bits per heavy atom. The average molecular weight is 240 g/mol. The predicted octanol–water partition coefficient (Wildman–Crippen LogP) is 2.15. The lowest BCUT2D eigenvalue weighted by Gasteiger charge is -2.44. The summed E-state index contributed by atoms with van der Waals surface area (Å²) < 4.78 is 5.89. The number of hydrogen-bond donors (Lipinski definition) is 1. The van der Waals surface area contributed by atoms with Gasteiger partial charge in [-0.3, -0.25) is 4.90 Å². The van der Waals surface area contributed by atoms with Crippen LogP contribution in [0.3, 0.4) is 0 Å². The molecule has 2 N–H and O–H groups in total. The van der Waals surface area contributed by atoms with Crippen LogP contribution in [0.2, 0.25) is 0 Å². The molecule has 17 heavy (non-hydrogen) atoms. The SMILES string of the molecule is CC(C)(N)CCCN1CCOC2CCCCC21. The third-order valence-electron chi connectivity index (χ3n) is 4.11. The average Bonchev–Trinajstić information content (AvgIpc) is 2.28. The van der Waals surface area contributed by atoms with Crippen LogP contribution in [0.15, 0.2) is 0 Å².